The van der Waals surface area contributed by atoms with Crippen molar-refractivity contribution in [3.8, 4) is 5.75 Å². The van der Waals surface area contributed by atoms with E-state index in [4.69, 9.17) is 0 Å². The second kappa shape index (κ2) is 7.93. The first-order valence-electron chi connectivity index (χ1n) is 11.9. The van der Waals surface area contributed by atoms with E-state index in [2.05, 4.69) is 22.0 Å². The summed E-state index contributed by atoms with van der Waals surface area (Å²) in [4.78, 5) is 17.2. The number of aliphatic hydroxyl groups is 1. The Morgan fingerprint density at radius 3 is 2.60 bits per heavy atom. The van der Waals surface area contributed by atoms with Crippen LogP contribution in [0, 0.1) is 10.1 Å². The van der Waals surface area contributed by atoms with E-state index in [1.165, 1.54) is 11.6 Å². The molecule has 2 heterocycles. The van der Waals surface area contributed by atoms with Crippen LogP contribution in [0.15, 0.2) is 72.8 Å². The first-order valence-corrected chi connectivity index (χ1v) is 11.9. The number of aromatic nitrogens is 1. The smallest absolute Gasteiger partial charge is 0.279 e. The van der Waals surface area contributed by atoms with Crippen LogP contribution >= 0.6 is 0 Å². The number of aromatic hydroxyl groups is 1. The van der Waals surface area contributed by atoms with Crippen LogP contribution in [-0.2, 0) is 24.8 Å². The summed E-state index contributed by atoms with van der Waals surface area (Å²) in [5.74, 6) is 0.170. The van der Waals surface area contributed by atoms with E-state index in [1.807, 2.05) is 36.4 Å². The van der Waals surface area contributed by atoms with Crippen molar-refractivity contribution >= 4 is 16.6 Å². The van der Waals surface area contributed by atoms with E-state index in [0.717, 1.165) is 35.4 Å². The fraction of sp³-hybridized carbons (Fsp3) is 0.286. The summed E-state index contributed by atoms with van der Waals surface area (Å²) in [6.45, 7) is 1.95. The number of likely N-dealkylation sites (tertiary alicyclic amines) is 1. The molecule has 0 unspecified atom stereocenters. The molecule has 6 rings (SSSR count). The van der Waals surface area contributed by atoms with Gasteiger partial charge in [-0.05, 0) is 47.9 Å². The third kappa shape index (κ3) is 3.42. The van der Waals surface area contributed by atoms with Crippen LogP contribution in [0.5, 0.6) is 5.75 Å². The molecule has 7 heteroatoms. The molecular formula is C28H27N3O4. The molecule has 4 aromatic rings. The van der Waals surface area contributed by atoms with Crippen molar-refractivity contribution in [2.45, 2.75) is 36.8 Å². The zero-order valence-corrected chi connectivity index (χ0v) is 19.3. The molecule has 1 aliphatic carbocycles. The molecule has 0 radical (unpaired) electrons. The molecule has 2 aliphatic rings. The van der Waals surface area contributed by atoms with E-state index < -0.39 is 11.0 Å². The average Bonchev–Trinajstić information content (AvgIpc) is 3.19. The van der Waals surface area contributed by atoms with Gasteiger partial charge in [-0.25, -0.2) is 0 Å². The molecule has 1 aromatic heterocycles. The van der Waals surface area contributed by atoms with Crippen LogP contribution in [0.2, 0.25) is 0 Å². The van der Waals surface area contributed by atoms with Crippen LogP contribution in [0.4, 0.5) is 5.69 Å². The Balaban J connectivity index is 1.49. The van der Waals surface area contributed by atoms with E-state index >= 15 is 0 Å². The van der Waals surface area contributed by atoms with Crippen molar-refractivity contribution in [3.05, 3.63) is 105 Å². The number of phenolic OH excluding ortho intramolecular Hbond substituents is 1. The number of nitrogens with zero attached hydrogens (tertiary/aromatic N) is 2. The molecule has 0 amide bonds. The maximum absolute atomic E-state index is 12.5. The topological polar surface area (TPSA) is 103 Å². The number of aromatic amines is 1. The number of non-ortho nitro benzene ring substituents is 1. The highest BCUT2D eigenvalue weighted by molar-refractivity contribution is 5.93. The number of nitro groups is 1. The summed E-state index contributed by atoms with van der Waals surface area (Å²) >= 11 is 0. The molecule has 7 nitrogen and oxygen atoms in total. The van der Waals surface area contributed by atoms with Crippen molar-refractivity contribution in [2.24, 2.45) is 0 Å². The number of hydrogen-bond donors (Lipinski definition) is 3. The second-order valence-electron chi connectivity index (χ2n) is 10.0. The average molecular weight is 470 g/mol. The zero-order valence-electron chi connectivity index (χ0n) is 19.3. The molecule has 1 fully saturated rings. The molecule has 3 N–H and O–H groups in total. The Kier molecular flexibility index (Phi) is 4.95. The molecule has 1 aliphatic heterocycles. The van der Waals surface area contributed by atoms with Crippen molar-refractivity contribution in [3.63, 3.8) is 0 Å². The molecule has 0 saturated carbocycles. The lowest BCUT2D eigenvalue weighted by molar-refractivity contribution is -0.383. The Morgan fingerprint density at radius 1 is 1.03 bits per heavy atom. The van der Waals surface area contributed by atoms with Gasteiger partial charge in [-0.2, -0.15) is 0 Å². The fourth-order valence-electron chi connectivity index (χ4n) is 6.40. The number of fused-ring (bicyclic) bond motifs is 4. The summed E-state index contributed by atoms with van der Waals surface area (Å²) < 4.78 is 0. The molecule has 2 atom stereocenters. The number of hydrogen-bond acceptors (Lipinski definition) is 5. The molecule has 178 valence electrons. The maximum Gasteiger partial charge on any atom is 0.279 e. The highest BCUT2D eigenvalue weighted by Gasteiger charge is 2.58. The number of benzene rings is 3. The number of phenols is 1. The Bertz CT molecular complexity index is 1430. The molecule has 0 bridgehead atoms. The Hall–Kier alpha value is -3.68. The molecular weight excluding hydrogens is 442 g/mol. The van der Waals surface area contributed by atoms with Gasteiger partial charge in [0.05, 0.1) is 21.4 Å². The van der Waals surface area contributed by atoms with E-state index in [-0.39, 0.29) is 16.4 Å². The van der Waals surface area contributed by atoms with Crippen LogP contribution < -0.4 is 0 Å². The van der Waals surface area contributed by atoms with Gasteiger partial charge in [0.15, 0.2) is 0 Å². The van der Waals surface area contributed by atoms with Gasteiger partial charge in [0.2, 0.25) is 0 Å². The number of H-pyrrole nitrogens is 1. The van der Waals surface area contributed by atoms with Crippen molar-refractivity contribution in [1.82, 2.24) is 9.88 Å². The standard InChI is InChI=1S/C28H27N3O4/c32-21-9-4-8-20(14-21)27-12-13-30(17-19-6-2-1-3-7-19)18-28(27,33)15-22-24(16-27)29-23-10-5-11-25(26(22)23)31(34)35/h1-11,14,29,32-33H,12-13,15-18H2/t27-,28-/m0/s1. The van der Waals surface area contributed by atoms with Gasteiger partial charge < -0.3 is 15.2 Å². The molecule has 35 heavy (non-hydrogen) atoms. The van der Waals surface area contributed by atoms with Crippen LogP contribution in [0.3, 0.4) is 0 Å². The highest BCUT2D eigenvalue weighted by Crippen LogP contribution is 2.52. The number of piperidine rings is 1. The molecule has 1 saturated heterocycles. The first kappa shape index (κ1) is 21.8. The number of β-amino-alcohol motifs (C(OH)–C–C–N with tert-alkyl or cyclic N) is 1. The lowest BCUT2D eigenvalue weighted by Crippen LogP contribution is -2.66. The van der Waals surface area contributed by atoms with Gasteiger partial charge in [0, 0.05) is 43.1 Å². The minimum Gasteiger partial charge on any atom is -0.508 e. The van der Waals surface area contributed by atoms with Crippen molar-refractivity contribution in [2.75, 3.05) is 13.1 Å². The Morgan fingerprint density at radius 2 is 1.83 bits per heavy atom. The zero-order chi connectivity index (χ0) is 24.2. The van der Waals surface area contributed by atoms with Crippen molar-refractivity contribution in [1.29, 1.82) is 0 Å². The number of rotatable bonds is 4. The largest absolute Gasteiger partial charge is 0.508 e. The monoisotopic (exact) mass is 469 g/mol. The van der Waals surface area contributed by atoms with Gasteiger partial charge in [0.1, 0.15) is 5.75 Å². The van der Waals surface area contributed by atoms with E-state index in [9.17, 15) is 20.3 Å². The SMILES string of the molecule is O=[N+]([O-])c1cccc2[nH]c3c(c12)C[C@]1(O)CN(Cc2ccccc2)CC[C@@]1(c1cccc(O)c1)C3. The van der Waals surface area contributed by atoms with Crippen LogP contribution in [-0.4, -0.2) is 43.7 Å². The fourth-order valence-corrected chi connectivity index (χ4v) is 6.40. The molecule has 0 spiro atoms. The number of nitrogens with one attached hydrogen (secondary N) is 1. The predicted molar refractivity (Wildman–Crippen MR) is 133 cm³/mol. The van der Waals surface area contributed by atoms with Crippen LogP contribution in [0.25, 0.3) is 10.9 Å². The second-order valence-corrected chi connectivity index (χ2v) is 10.0. The van der Waals surface area contributed by atoms with Gasteiger partial charge in [-0.1, -0.05) is 48.5 Å². The van der Waals surface area contributed by atoms with Gasteiger partial charge in [-0.15, -0.1) is 0 Å². The summed E-state index contributed by atoms with van der Waals surface area (Å²) in [6, 6.07) is 22.5. The summed E-state index contributed by atoms with van der Waals surface area (Å²) in [5.41, 5.74) is 2.83. The maximum atomic E-state index is 12.5. The summed E-state index contributed by atoms with van der Waals surface area (Å²) in [7, 11) is 0. The van der Waals surface area contributed by atoms with Gasteiger partial charge in [-0.3, -0.25) is 15.0 Å². The molecule has 3 aromatic carbocycles. The highest BCUT2D eigenvalue weighted by atomic mass is 16.6. The summed E-state index contributed by atoms with van der Waals surface area (Å²) in [5, 5.41) is 35.2. The van der Waals surface area contributed by atoms with E-state index in [1.54, 1.807) is 18.2 Å². The van der Waals surface area contributed by atoms with Crippen LogP contribution in [0.1, 0.15) is 28.8 Å². The van der Waals surface area contributed by atoms with Crippen molar-refractivity contribution < 1.29 is 15.1 Å². The van der Waals surface area contributed by atoms with E-state index in [0.29, 0.717) is 31.2 Å². The lowest BCUT2D eigenvalue weighted by Gasteiger charge is -2.56. The first-order chi connectivity index (χ1) is 16.9. The normalized spacial score (nSPS) is 24.1. The predicted octanol–water partition coefficient (Wildman–Crippen LogP) is 4.46. The minimum atomic E-state index is -1.17. The Labute approximate surface area is 202 Å². The number of nitro benzene ring substituents is 1. The van der Waals surface area contributed by atoms with Gasteiger partial charge >= 0.3 is 0 Å². The quantitative estimate of drug-likeness (QED) is 0.303. The minimum absolute atomic E-state index is 0.0606. The third-order valence-corrected chi connectivity index (χ3v) is 8.02. The third-order valence-electron chi connectivity index (χ3n) is 8.02. The van der Waals surface area contributed by atoms with Gasteiger partial charge in [0.25, 0.3) is 5.69 Å². The lowest BCUT2D eigenvalue weighted by atomic mass is 9.56. The summed E-state index contributed by atoms with van der Waals surface area (Å²) in [6.07, 6.45) is 1.53.